The van der Waals surface area contributed by atoms with E-state index in [9.17, 15) is 14.9 Å². The molecule has 3 aliphatic carbocycles. The second-order valence-electron chi connectivity index (χ2n) is 10.7. The summed E-state index contributed by atoms with van der Waals surface area (Å²) in [5.41, 5.74) is 7.02. The highest BCUT2D eigenvalue weighted by Crippen LogP contribution is 2.59. The molecule has 0 aromatic heterocycles. The first-order valence-corrected chi connectivity index (χ1v) is 12.0. The maximum atomic E-state index is 13.4. The van der Waals surface area contributed by atoms with Gasteiger partial charge in [-0.1, -0.05) is 6.42 Å². The van der Waals surface area contributed by atoms with Crippen molar-refractivity contribution in [2.45, 2.75) is 88.4 Å². The molecular weight excluding hydrogens is 378 g/mol. The van der Waals surface area contributed by atoms with Crippen molar-refractivity contribution in [1.82, 2.24) is 15.5 Å². The van der Waals surface area contributed by atoms with Crippen molar-refractivity contribution in [2.24, 2.45) is 28.9 Å². The molecule has 2 aliphatic heterocycles. The van der Waals surface area contributed by atoms with Gasteiger partial charge in [0.1, 0.15) is 0 Å². The largest absolute Gasteiger partial charge is 0.356 e. The van der Waals surface area contributed by atoms with Gasteiger partial charge in [0.15, 0.2) is 0 Å². The molecule has 1 spiro atoms. The smallest absolute Gasteiger partial charge is 0.240 e. The first-order chi connectivity index (χ1) is 14.5. The number of carbonyl (C=O) groups excluding carboxylic acids is 2. The summed E-state index contributed by atoms with van der Waals surface area (Å²) < 4.78 is 0. The van der Waals surface area contributed by atoms with Crippen molar-refractivity contribution in [3.8, 4) is 6.07 Å². The van der Waals surface area contributed by atoms with E-state index in [2.05, 4.69) is 21.6 Å². The van der Waals surface area contributed by atoms with Crippen LogP contribution in [0.4, 0.5) is 0 Å². The summed E-state index contributed by atoms with van der Waals surface area (Å²) >= 11 is 0. The number of rotatable bonds is 7. The molecule has 0 radical (unpaired) electrons. The summed E-state index contributed by atoms with van der Waals surface area (Å²) in [7, 11) is 0. The molecule has 7 nitrogen and oxygen atoms in total. The molecule has 164 valence electrons. The first-order valence-electron chi connectivity index (χ1n) is 12.0. The topological polar surface area (TPSA) is 111 Å². The van der Waals surface area contributed by atoms with E-state index in [1.165, 1.54) is 19.3 Å². The highest BCUT2D eigenvalue weighted by molar-refractivity contribution is 5.83. The van der Waals surface area contributed by atoms with E-state index in [-0.39, 0.29) is 35.9 Å². The molecule has 5 aliphatic rings. The molecule has 5 rings (SSSR count). The quantitative estimate of drug-likeness (QED) is 0.582. The Morgan fingerprint density at radius 3 is 2.77 bits per heavy atom. The minimum Gasteiger partial charge on any atom is -0.356 e. The van der Waals surface area contributed by atoms with Gasteiger partial charge in [0.2, 0.25) is 11.8 Å². The molecule has 2 amide bonds. The number of likely N-dealkylation sites (tertiary alicyclic amines) is 1. The highest BCUT2D eigenvalue weighted by Gasteiger charge is 2.54. The second-order valence-corrected chi connectivity index (χ2v) is 10.7. The number of hydrogen-bond donors (Lipinski definition) is 3. The predicted octanol–water partition coefficient (Wildman–Crippen LogP) is 1.28. The van der Waals surface area contributed by atoms with E-state index in [4.69, 9.17) is 5.73 Å². The monoisotopic (exact) mass is 413 g/mol. The van der Waals surface area contributed by atoms with E-state index < -0.39 is 0 Å². The van der Waals surface area contributed by atoms with Gasteiger partial charge < -0.3 is 16.0 Å². The van der Waals surface area contributed by atoms with E-state index >= 15 is 0 Å². The molecule has 2 unspecified atom stereocenters. The van der Waals surface area contributed by atoms with Gasteiger partial charge in [-0.2, -0.15) is 5.26 Å². The summed E-state index contributed by atoms with van der Waals surface area (Å²) in [6.07, 6.45) is 10.9. The maximum absolute atomic E-state index is 13.4. The lowest BCUT2D eigenvalue weighted by atomic mass is 9.50. The molecule has 30 heavy (non-hydrogen) atoms. The van der Waals surface area contributed by atoms with E-state index in [1.54, 1.807) is 0 Å². The third kappa shape index (κ3) is 3.42. The summed E-state index contributed by atoms with van der Waals surface area (Å²) in [5, 5.41) is 15.8. The molecule has 3 saturated carbocycles. The van der Waals surface area contributed by atoms with Gasteiger partial charge in [-0.3, -0.25) is 14.9 Å². The van der Waals surface area contributed by atoms with Gasteiger partial charge in [-0.05, 0) is 75.0 Å². The number of fused-ring (bicyclic) bond motifs is 2. The van der Waals surface area contributed by atoms with Crippen LogP contribution in [-0.2, 0) is 9.59 Å². The lowest BCUT2D eigenvalue weighted by Gasteiger charge is -2.56. The Morgan fingerprint density at radius 2 is 2.13 bits per heavy atom. The van der Waals surface area contributed by atoms with Crippen LogP contribution in [0.3, 0.4) is 0 Å². The molecule has 5 fully saturated rings. The summed E-state index contributed by atoms with van der Waals surface area (Å²) in [4.78, 5) is 27.3. The van der Waals surface area contributed by atoms with Crippen molar-refractivity contribution >= 4 is 11.8 Å². The van der Waals surface area contributed by atoms with Crippen molar-refractivity contribution in [3.05, 3.63) is 0 Å². The van der Waals surface area contributed by atoms with Crippen LogP contribution >= 0.6 is 0 Å². The lowest BCUT2D eigenvalue weighted by Crippen LogP contribution is -2.60. The van der Waals surface area contributed by atoms with Crippen LogP contribution in [0.5, 0.6) is 0 Å². The predicted molar refractivity (Wildman–Crippen MR) is 112 cm³/mol. The summed E-state index contributed by atoms with van der Waals surface area (Å²) in [5.74, 6) is 0.970. The van der Waals surface area contributed by atoms with Gasteiger partial charge >= 0.3 is 0 Å². The van der Waals surface area contributed by atoms with Crippen LogP contribution in [0.25, 0.3) is 0 Å². The van der Waals surface area contributed by atoms with Crippen LogP contribution in [0.15, 0.2) is 0 Å². The fourth-order valence-electron chi connectivity index (χ4n) is 7.06. The first kappa shape index (κ1) is 20.3. The molecule has 7 heteroatoms. The molecule has 0 aromatic rings. The Hall–Kier alpha value is -1.65. The fourth-order valence-corrected chi connectivity index (χ4v) is 7.06. The van der Waals surface area contributed by atoms with Gasteiger partial charge in [-0.25, -0.2) is 0 Å². The minimum atomic E-state index is -0.368. The molecular formula is C23H35N5O2. The Balaban J connectivity index is 1.19. The van der Waals surface area contributed by atoms with Crippen LogP contribution < -0.4 is 16.4 Å². The lowest BCUT2D eigenvalue weighted by molar-refractivity contribution is -0.142. The number of nitriles is 1. The fraction of sp³-hybridized carbons (Fsp3) is 0.870. The highest BCUT2D eigenvalue weighted by atomic mass is 16.2. The SMILES string of the molecule is N#C[C@H](CC1CCNC1=O)NC[C@@H]1[C@H]2CC[C@H](C2)N1C(=O)C(N)C1CC2(CCC2)C1. The summed E-state index contributed by atoms with van der Waals surface area (Å²) in [6.45, 7) is 1.33. The molecule has 2 bridgehead atoms. The third-order valence-corrected chi connectivity index (χ3v) is 9.00. The Kier molecular flexibility index (Phi) is 5.27. The van der Waals surface area contributed by atoms with E-state index in [0.717, 1.165) is 38.5 Å². The third-order valence-electron chi connectivity index (χ3n) is 9.00. The number of nitrogens with one attached hydrogen (secondary N) is 2. The maximum Gasteiger partial charge on any atom is 0.240 e. The van der Waals surface area contributed by atoms with Gasteiger partial charge in [0.25, 0.3) is 0 Å². The number of nitrogens with two attached hydrogens (primary N) is 1. The van der Waals surface area contributed by atoms with Crippen LogP contribution in [0.1, 0.15) is 64.2 Å². The Morgan fingerprint density at radius 1 is 1.33 bits per heavy atom. The number of nitrogens with zero attached hydrogens (tertiary/aromatic N) is 2. The Bertz CT molecular complexity index is 736. The van der Waals surface area contributed by atoms with Gasteiger partial charge in [0.05, 0.1) is 18.2 Å². The van der Waals surface area contributed by atoms with E-state index in [0.29, 0.717) is 42.8 Å². The average molecular weight is 414 g/mol. The zero-order valence-corrected chi connectivity index (χ0v) is 17.8. The normalized spacial score (nSPS) is 36.1. The van der Waals surface area contributed by atoms with E-state index in [1.807, 2.05) is 0 Å². The average Bonchev–Trinajstić information content (AvgIpc) is 3.38. The number of hydrogen-bond acceptors (Lipinski definition) is 5. The van der Waals surface area contributed by atoms with Crippen molar-refractivity contribution in [2.75, 3.05) is 13.1 Å². The standard InChI is InChI=1S/C23H35N5O2/c24-12-17(8-15-4-7-26-21(15)29)27-13-19-14-2-3-18(9-14)28(19)22(30)20(25)16-10-23(11-16)5-1-6-23/h14-20,27H,1-11,13,25H2,(H,26,29)/t14-,15?,17-,18+,19+,20?/m0/s1. The second kappa shape index (κ2) is 7.80. The number of amides is 2. The molecule has 2 saturated heterocycles. The van der Waals surface area contributed by atoms with Crippen molar-refractivity contribution in [1.29, 1.82) is 5.26 Å². The van der Waals surface area contributed by atoms with Gasteiger partial charge in [0, 0.05) is 31.1 Å². The van der Waals surface area contributed by atoms with Crippen LogP contribution in [0.2, 0.25) is 0 Å². The number of carbonyl (C=O) groups is 2. The molecule has 0 aromatic carbocycles. The van der Waals surface area contributed by atoms with Crippen molar-refractivity contribution < 1.29 is 9.59 Å². The molecule has 6 atom stereocenters. The zero-order valence-electron chi connectivity index (χ0n) is 17.8. The number of piperidine rings is 1. The minimum absolute atomic E-state index is 0.0597. The van der Waals surface area contributed by atoms with Crippen molar-refractivity contribution in [3.63, 3.8) is 0 Å². The van der Waals surface area contributed by atoms with Crippen LogP contribution in [-0.4, -0.2) is 54.0 Å². The van der Waals surface area contributed by atoms with Gasteiger partial charge in [-0.15, -0.1) is 0 Å². The zero-order chi connectivity index (χ0) is 20.9. The molecule has 4 N–H and O–H groups in total. The summed E-state index contributed by atoms with van der Waals surface area (Å²) in [6, 6.07) is 2.05. The van der Waals surface area contributed by atoms with Crippen LogP contribution in [0, 0.1) is 34.5 Å². The molecule has 2 heterocycles. The Labute approximate surface area is 179 Å².